The van der Waals surface area contributed by atoms with Gasteiger partial charge < -0.3 is 113 Å². The van der Waals surface area contributed by atoms with Gasteiger partial charge in [0.1, 0.15) is 53.8 Å². The molecule has 2 saturated heterocycles. The highest BCUT2D eigenvalue weighted by atomic mass is 16.6. The monoisotopic (exact) mass is 1780 g/mol. The van der Waals surface area contributed by atoms with Crippen LogP contribution >= 0.6 is 0 Å². The molecule has 8 N–H and O–H groups in total. The van der Waals surface area contributed by atoms with Gasteiger partial charge in [-0.15, -0.1) is 0 Å². The second kappa shape index (κ2) is 51.1. The minimum atomic E-state index is -2.47. The molecule has 10 rings (SSSR count). The van der Waals surface area contributed by atoms with Gasteiger partial charge in [0.2, 0.25) is 11.7 Å². The molecule has 16 atom stereocenters. The smallest absolute Gasteiger partial charge is 0.407 e. The third-order valence-electron chi connectivity index (χ3n) is 24.7. The number of esters is 1. The van der Waals surface area contributed by atoms with Crippen LogP contribution in [0.5, 0.6) is 0 Å². The van der Waals surface area contributed by atoms with Gasteiger partial charge >= 0.3 is 12.1 Å². The summed E-state index contributed by atoms with van der Waals surface area (Å²) in [6.07, 6.45) is 11.4. The van der Waals surface area contributed by atoms with Crippen molar-refractivity contribution in [1.29, 1.82) is 0 Å². The molecular weight excluding hydrogens is 1640 g/mol. The third-order valence-corrected chi connectivity index (χ3v) is 24.7. The lowest BCUT2D eigenvalue weighted by molar-refractivity contribution is -0.265. The zero-order valence-electron chi connectivity index (χ0n) is 75.6. The number of cyclic esters (lactones) is 1. The number of ether oxygens (including phenoxy) is 14. The maximum atomic E-state index is 14.8. The lowest BCUT2D eigenvalue weighted by Crippen LogP contribution is -2.61. The molecule has 4 aliphatic heterocycles. The van der Waals surface area contributed by atoms with Crippen molar-refractivity contribution in [2.75, 3.05) is 158 Å². The fraction of sp³-hybridized carbons (Fsp3) is 0.656. The molecule has 2 aromatic carbocycles. The number of aliphatic hydroxyl groups is 3. The zero-order chi connectivity index (χ0) is 90.9. The first kappa shape index (κ1) is 101. The fourth-order valence-corrected chi connectivity index (χ4v) is 17.3. The number of methoxy groups -OCH3 is 3. The van der Waals surface area contributed by atoms with Gasteiger partial charge in [0.15, 0.2) is 17.0 Å². The maximum Gasteiger partial charge on any atom is 0.407 e. The number of hydrogen-bond acceptors (Lipinski definition) is 30. The normalized spacial score (nSPS) is 26.9. The van der Waals surface area contributed by atoms with E-state index in [1.165, 1.54) is 23.9 Å². The molecular formula is C93H136N10O24. The van der Waals surface area contributed by atoms with Gasteiger partial charge in [-0.2, -0.15) is 10.1 Å². The van der Waals surface area contributed by atoms with Crippen LogP contribution in [0, 0.1) is 35.5 Å². The van der Waals surface area contributed by atoms with Crippen LogP contribution in [0.1, 0.15) is 149 Å². The summed E-state index contributed by atoms with van der Waals surface area (Å²) in [7, 11) is 4.52. The molecule has 127 heavy (non-hydrogen) atoms. The lowest BCUT2D eigenvalue weighted by atomic mass is 9.78. The fourth-order valence-electron chi connectivity index (χ4n) is 17.3. The largest absolute Gasteiger partial charge is 0.460 e. The number of benzene rings is 2. The number of carbonyl (C=O) groups excluding carboxylic acids is 6. The number of Topliss-reactive ketones (excluding diaryl/α,β-unsaturated/α-hetero) is 2. The Balaban J connectivity index is 0.552. The number of nitrogen functional groups attached to an aromatic ring is 2. The SMILES string of the molecule is CO[C@H]1C[C@@H]2CC[C@@H](C)[C@@](O)(O2)C(=O)C(=O)N2CCCC[C@H]2C(=O)O[C@H]([C@H](C)C[C@@H]2CC[C@@H](OC(=O)NCCOCCOCCOCCOCCOCCOCCOCCOCCC(=O)N3CCc4cc(Cn5nc(-c6ccc7oc(N)nc7c6)c6c(N)ncnc65)ccc4C3)[C@H](OC)C2)C[C@@H](O)[C@H](C)C=C(C)[C@@H](O)[C@@H](OC)C(=O)[C@H](C)C[C@H](C)C=C/C=C\C=C/1C. The summed E-state index contributed by atoms with van der Waals surface area (Å²) < 4.78 is 88.5. The summed E-state index contributed by atoms with van der Waals surface area (Å²) in [5, 5.41) is 44.2. The molecule has 34 nitrogen and oxygen atoms in total. The van der Waals surface area contributed by atoms with E-state index < -0.39 is 102 Å². The Kier molecular flexibility index (Phi) is 40.5. The number of fused-ring (bicyclic) bond motifs is 6. The summed E-state index contributed by atoms with van der Waals surface area (Å²) in [6, 6.07) is 10.7. The van der Waals surface area contributed by atoms with Crippen LogP contribution < -0.4 is 16.8 Å². The van der Waals surface area contributed by atoms with Gasteiger partial charge in [0.25, 0.3) is 17.7 Å². The van der Waals surface area contributed by atoms with Gasteiger partial charge in [-0.1, -0.05) is 89.3 Å². The van der Waals surface area contributed by atoms with Gasteiger partial charge in [0.05, 0.1) is 148 Å². The lowest BCUT2D eigenvalue weighted by Gasteiger charge is -2.43. The minimum Gasteiger partial charge on any atom is -0.460 e. The molecule has 1 aliphatic carbocycles. The summed E-state index contributed by atoms with van der Waals surface area (Å²) >= 11 is 0. The Morgan fingerprint density at radius 1 is 0.701 bits per heavy atom. The van der Waals surface area contributed by atoms with Crippen molar-refractivity contribution in [3.8, 4) is 11.3 Å². The van der Waals surface area contributed by atoms with Crippen LogP contribution in [-0.4, -0.2) is 293 Å². The third kappa shape index (κ3) is 29.5. The summed E-state index contributed by atoms with van der Waals surface area (Å²) in [4.78, 5) is 100. The average Bonchev–Trinajstić information content (AvgIpc) is 1.71. The van der Waals surface area contributed by atoms with Gasteiger partial charge in [-0.25, -0.2) is 24.2 Å². The number of oxazole rings is 1. The van der Waals surface area contributed by atoms with E-state index in [0.29, 0.717) is 222 Å². The van der Waals surface area contributed by atoms with Crippen molar-refractivity contribution in [3.05, 3.63) is 107 Å². The molecule has 3 fully saturated rings. The van der Waals surface area contributed by atoms with Crippen LogP contribution in [0.15, 0.2) is 94.7 Å². The first-order valence-electron chi connectivity index (χ1n) is 45.0. The zero-order valence-corrected chi connectivity index (χ0v) is 75.6. The van der Waals surface area contributed by atoms with Gasteiger partial charge in [0, 0.05) is 83.7 Å². The second-order valence-corrected chi connectivity index (χ2v) is 34.1. The number of anilines is 2. The average molecular weight is 1780 g/mol. The minimum absolute atomic E-state index is 0.00472. The standard InChI is InChI=1S/C93H136N10O24/c1-59-16-12-11-13-17-60(2)77(113-8)54-71-24-19-65(7)93(112,127-71)86(108)89(109)102-30-15-14-18-73(102)90(110)124-78(55-74(104)61(3)49-64(6)84(107)85(115-10)83(106)63(5)48-59)62(4)50-66-21-25-76(79(52-66)114-9)126-92(111)96-29-33-117-35-37-119-39-41-121-43-45-123-47-46-122-44-42-120-40-38-118-36-34-116-32-28-80(105)101-31-27-68-51-67(20-22-70(68)57-101)56-103-88-81(87(94)97-58-98-88)82(100-103)69-23-26-75-72(53-69)99-91(95)125-75/h11-13,16-17,20,22-23,26,49,51,53,58-59,61-63,65-66,71,73-74,76-79,84-85,104,107,112H,14-15,18-19,21,24-25,27-48,50,52,54-57H2,1-10H3,(H2,95,99)(H,96,111)(H2,94,97,98)/b13-11-,16-12?,60-17-,64-49?/t59-,61-,62-,63-,65-,66+,71+,73+,74-,76-,77+,78+,79-,84-,85+,93-/m1/s1. The Morgan fingerprint density at radius 2 is 1.38 bits per heavy atom. The van der Waals surface area contributed by atoms with E-state index in [0.717, 1.165) is 28.7 Å². The number of nitrogens with zero attached hydrogens (tertiary/aromatic N) is 7. The van der Waals surface area contributed by atoms with Gasteiger partial charge in [-0.3, -0.25) is 19.2 Å². The first-order valence-corrected chi connectivity index (χ1v) is 45.0. The number of allylic oxidation sites excluding steroid dienone is 5. The van der Waals surface area contributed by atoms with E-state index in [-0.39, 0.29) is 74.4 Å². The molecule has 5 aromatic rings. The highest BCUT2D eigenvalue weighted by Crippen LogP contribution is 2.40. The van der Waals surface area contributed by atoms with Crippen molar-refractivity contribution in [3.63, 3.8) is 0 Å². The number of alkyl carbamates (subject to hydrolysis) is 1. The molecule has 0 spiro atoms. The quantitative estimate of drug-likeness (QED) is 0.00934. The van der Waals surface area contributed by atoms with E-state index in [1.54, 1.807) is 47.1 Å². The maximum absolute atomic E-state index is 14.8. The highest BCUT2D eigenvalue weighted by molar-refractivity contribution is 6.39. The number of aliphatic hydroxyl groups excluding tert-OH is 2. The number of amides is 3. The molecule has 0 unspecified atom stereocenters. The summed E-state index contributed by atoms with van der Waals surface area (Å²) in [5.74, 6) is -7.56. The predicted octanol–water partition coefficient (Wildman–Crippen LogP) is 8.97. The Labute approximate surface area is 744 Å². The Morgan fingerprint density at radius 3 is 2.05 bits per heavy atom. The number of carbonyl (C=O) groups is 6. The number of aromatic nitrogens is 5. The Bertz CT molecular complexity index is 4460. The number of ketones is 2. The van der Waals surface area contributed by atoms with Crippen LogP contribution in [0.4, 0.5) is 16.6 Å². The van der Waals surface area contributed by atoms with Crippen LogP contribution in [0.25, 0.3) is 33.4 Å². The van der Waals surface area contributed by atoms with Crippen molar-refractivity contribution in [2.24, 2.45) is 35.5 Å². The van der Waals surface area contributed by atoms with E-state index in [2.05, 4.69) is 38.5 Å². The summed E-state index contributed by atoms with van der Waals surface area (Å²) in [6.45, 7) is 20.5. The number of hydrogen-bond donors (Lipinski definition) is 6. The van der Waals surface area contributed by atoms with Crippen molar-refractivity contribution < 1.29 is 115 Å². The van der Waals surface area contributed by atoms with Crippen molar-refractivity contribution in [1.82, 2.24) is 39.8 Å². The number of rotatable bonds is 37. The molecule has 3 amide bonds. The van der Waals surface area contributed by atoms with E-state index in [1.807, 2.05) is 79.8 Å². The van der Waals surface area contributed by atoms with Crippen LogP contribution in [0.2, 0.25) is 0 Å². The van der Waals surface area contributed by atoms with E-state index in [9.17, 15) is 44.1 Å². The number of nitrogens with one attached hydrogen (secondary N) is 1. The molecule has 7 heterocycles. The number of nitrogens with two attached hydrogens (primary N) is 2. The molecule has 2 bridgehead atoms. The van der Waals surface area contributed by atoms with Gasteiger partial charge in [-0.05, 0) is 148 Å². The highest BCUT2D eigenvalue weighted by Gasteiger charge is 2.53. The molecule has 3 aromatic heterocycles. The summed E-state index contributed by atoms with van der Waals surface area (Å²) in [5.41, 5.74) is 20.0. The van der Waals surface area contributed by atoms with Crippen molar-refractivity contribution in [2.45, 2.75) is 212 Å². The molecule has 1 saturated carbocycles. The molecule has 702 valence electrons. The number of piperidine rings is 1. The van der Waals surface area contributed by atoms with Crippen LogP contribution in [0.3, 0.4) is 0 Å². The molecule has 5 aliphatic rings. The van der Waals surface area contributed by atoms with E-state index in [4.69, 9.17) is 87.3 Å². The van der Waals surface area contributed by atoms with E-state index >= 15 is 0 Å². The Hall–Kier alpha value is -8.56. The second-order valence-electron chi connectivity index (χ2n) is 34.1. The first-order chi connectivity index (χ1) is 61.3. The molecule has 34 heteroatoms. The van der Waals surface area contributed by atoms with Crippen molar-refractivity contribution >= 4 is 69.4 Å². The van der Waals surface area contributed by atoms with Crippen LogP contribution in [-0.2, 0) is 110 Å². The predicted molar refractivity (Wildman–Crippen MR) is 471 cm³/mol. The topological polar surface area (TPSA) is 433 Å². The molecule has 0 radical (unpaired) electrons.